The van der Waals surface area contributed by atoms with Crippen molar-refractivity contribution in [1.82, 2.24) is 0 Å². The van der Waals surface area contributed by atoms with Crippen molar-refractivity contribution in [3.05, 3.63) is 27.1 Å². The summed E-state index contributed by atoms with van der Waals surface area (Å²) in [6.45, 7) is 4.71. The van der Waals surface area contributed by atoms with Crippen LogP contribution in [-0.2, 0) is 4.74 Å². The molecule has 0 saturated heterocycles. The van der Waals surface area contributed by atoms with Crippen LogP contribution in [0.1, 0.15) is 13.8 Å². The van der Waals surface area contributed by atoms with Crippen LogP contribution in [0.2, 0.25) is 0 Å². The van der Waals surface area contributed by atoms with Gasteiger partial charge in [-0.3, -0.25) is 0 Å². The molecule has 2 N–H and O–H groups in total. The second kappa shape index (κ2) is 7.36. The van der Waals surface area contributed by atoms with E-state index in [4.69, 9.17) is 4.74 Å². The van der Waals surface area contributed by atoms with Gasteiger partial charge >= 0.3 is 0 Å². The molecule has 3 nitrogen and oxygen atoms in total. The van der Waals surface area contributed by atoms with Gasteiger partial charge in [0, 0.05) is 21.2 Å². The average molecular weight is 367 g/mol. The Morgan fingerprint density at radius 3 is 2.65 bits per heavy atom. The quantitative estimate of drug-likeness (QED) is 0.810. The van der Waals surface area contributed by atoms with E-state index >= 15 is 0 Å². The third-order valence-electron chi connectivity index (χ3n) is 2.08. The molecule has 0 bridgehead atoms. The summed E-state index contributed by atoms with van der Waals surface area (Å²) in [6, 6.07) is 5.85. The predicted molar refractivity (Wildman–Crippen MR) is 77.4 cm³/mol. The Hall–Kier alpha value is -0.100. The summed E-state index contributed by atoms with van der Waals surface area (Å²) in [5.41, 5.74) is 0.955. The summed E-state index contributed by atoms with van der Waals surface area (Å²) in [4.78, 5) is 0. The maximum atomic E-state index is 9.69. The number of hydrogen-bond donors (Lipinski definition) is 2. The van der Waals surface area contributed by atoms with Gasteiger partial charge in [0.1, 0.15) is 0 Å². The van der Waals surface area contributed by atoms with Gasteiger partial charge in [-0.25, -0.2) is 0 Å². The van der Waals surface area contributed by atoms with E-state index in [1.54, 1.807) is 0 Å². The van der Waals surface area contributed by atoms with Crippen LogP contribution in [0, 0.1) is 0 Å². The third kappa shape index (κ3) is 5.86. The van der Waals surface area contributed by atoms with E-state index < -0.39 is 6.10 Å². The van der Waals surface area contributed by atoms with Crippen LogP contribution in [0.3, 0.4) is 0 Å². The first-order chi connectivity index (χ1) is 7.99. The van der Waals surface area contributed by atoms with Crippen molar-refractivity contribution in [3.63, 3.8) is 0 Å². The van der Waals surface area contributed by atoms with Gasteiger partial charge in [-0.15, -0.1) is 0 Å². The summed E-state index contributed by atoms with van der Waals surface area (Å²) in [5.74, 6) is 0. The Bertz CT molecular complexity index is 358. The molecule has 0 aromatic heterocycles. The lowest BCUT2D eigenvalue weighted by Crippen LogP contribution is -2.26. The van der Waals surface area contributed by atoms with Gasteiger partial charge in [0.05, 0.1) is 18.8 Å². The Labute approximate surface area is 119 Å². The molecule has 0 spiro atoms. The molecular weight excluding hydrogens is 350 g/mol. The highest BCUT2D eigenvalue weighted by Crippen LogP contribution is 2.25. The standard InChI is InChI=1S/C12H17Br2NO2/c1-8(2)17-7-10(16)6-15-12-4-3-9(13)5-11(12)14/h3-5,8,10,15-16H,6-7H2,1-2H3. The van der Waals surface area contributed by atoms with Gasteiger partial charge in [-0.05, 0) is 48.0 Å². The number of aliphatic hydroxyl groups is 1. The van der Waals surface area contributed by atoms with E-state index in [-0.39, 0.29) is 6.10 Å². The molecule has 96 valence electrons. The van der Waals surface area contributed by atoms with Crippen LogP contribution in [0.4, 0.5) is 5.69 Å². The number of benzene rings is 1. The van der Waals surface area contributed by atoms with Crippen molar-refractivity contribution in [1.29, 1.82) is 0 Å². The summed E-state index contributed by atoms with van der Waals surface area (Å²) in [5, 5.41) is 12.9. The number of aliphatic hydroxyl groups excluding tert-OH is 1. The van der Waals surface area contributed by atoms with E-state index in [2.05, 4.69) is 37.2 Å². The first-order valence-electron chi connectivity index (χ1n) is 5.47. The molecule has 17 heavy (non-hydrogen) atoms. The number of nitrogens with one attached hydrogen (secondary N) is 1. The minimum absolute atomic E-state index is 0.143. The minimum Gasteiger partial charge on any atom is -0.389 e. The zero-order valence-corrected chi connectivity index (χ0v) is 13.1. The summed E-state index contributed by atoms with van der Waals surface area (Å²) < 4.78 is 7.31. The fraction of sp³-hybridized carbons (Fsp3) is 0.500. The molecule has 1 rings (SSSR count). The maximum absolute atomic E-state index is 9.69. The van der Waals surface area contributed by atoms with Crippen LogP contribution < -0.4 is 5.32 Å². The van der Waals surface area contributed by atoms with Crippen molar-refractivity contribution in [2.75, 3.05) is 18.5 Å². The monoisotopic (exact) mass is 365 g/mol. The lowest BCUT2D eigenvalue weighted by atomic mass is 10.3. The Morgan fingerprint density at radius 2 is 2.06 bits per heavy atom. The largest absolute Gasteiger partial charge is 0.389 e. The molecule has 1 atom stereocenters. The molecule has 0 saturated carbocycles. The molecule has 0 aliphatic carbocycles. The predicted octanol–water partition coefficient (Wildman–Crippen LogP) is 3.41. The second-order valence-corrected chi connectivity index (χ2v) is 5.81. The van der Waals surface area contributed by atoms with Gasteiger partial charge in [-0.2, -0.15) is 0 Å². The van der Waals surface area contributed by atoms with E-state index in [0.29, 0.717) is 13.2 Å². The van der Waals surface area contributed by atoms with Gasteiger partial charge in [0.2, 0.25) is 0 Å². The van der Waals surface area contributed by atoms with E-state index in [0.717, 1.165) is 14.6 Å². The van der Waals surface area contributed by atoms with E-state index in [1.807, 2.05) is 32.0 Å². The van der Waals surface area contributed by atoms with Crippen LogP contribution in [-0.4, -0.2) is 30.5 Å². The van der Waals surface area contributed by atoms with Crippen LogP contribution >= 0.6 is 31.9 Å². The Kier molecular flexibility index (Phi) is 6.48. The van der Waals surface area contributed by atoms with Gasteiger partial charge < -0.3 is 15.2 Å². The zero-order valence-electron chi connectivity index (χ0n) is 9.91. The molecule has 5 heteroatoms. The first-order valence-corrected chi connectivity index (χ1v) is 7.06. The first kappa shape index (κ1) is 15.0. The number of rotatable bonds is 6. The molecule has 0 aliphatic rings. The number of hydrogen-bond acceptors (Lipinski definition) is 3. The van der Waals surface area contributed by atoms with E-state index in [9.17, 15) is 5.11 Å². The highest BCUT2D eigenvalue weighted by atomic mass is 79.9. The molecule has 0 heterocycles. The number of ether oxygens (including phenoxy) is 1. The number of anilines is 1. The highest BCUT2D eigenvalue weighted by Gasteiger charge is 2.07. The minimum atomic E-state index is -0.507. The SMILES string of the molecule is CC(C)OCC(O)CNc1ccc(Br)cc1Br. The van der Waals surface area contributed by atoms with Crippen molar-refractivity contribution in [3.8, 4) is 0 Å². The summed E-state index contributed by atoms with van der Waals surface area (Å²) >= 11 is 6.84. The molecule has 1 aromatic rings. The molecule has 0 aliphatic heterocycles. The molecule has 1 unspecified atom stereocenters. The Balaban J connectivity index is 2.39. The fourth-order valence-corrected chi connectivity index (χ4v) is 2.41. The Morgan fingerprint density at radius 1 is 1.35 bits per heavy atom. The highest BCUT2D eigenvalue weighted by molar-refractivity contribution is 9.11. The van der Waals surface area contributed by atoms with Crippen LogP contribution in [0.5, 0.6) is 0 Å². The molecule has 0 amide bonds. The van der Waals surface area contributed by atoms with Crippen molar-refractivity contribution >= 4 is 37.5 Å². The van der Waals surface area contributed by atoms with E-state index in [1.165, 1.54) is 0 Å². The third-order valence-corrected chi connectivity index (χ3v) is 3.23. The molecule has 1 aromatic carbocycles. The molecule has 0 fully saturated rings. The van der Waals surface area contributed by atoms with Crippen molar-refractivity contribution in [2.45, 2.75) is 26.1 Å². The maximum Gasteiger partial charge on any atom is 0.0945 e. The zero-order chi connectivity index (χ0) is 12.8. The average Bonchev–Trinajstić information content (AvgIpc) is 2.25. The normalized spacial score (nSPS) is 12.8. The lowest BCUT2D eigenvalue weighted by Gasteiger charge is -2.15. The summed E-state index contributed by atoms with van der Waals surface area (Å²) in [7, 11) is 0. The van der Waals surface area contributed by atoms with Crippen LogP contribution in [0.15, 0.2) is 27.1 Å². The van der Waals surface area contributed by atoms with Crippen LogP contribution in [0.25, 0.3) is 0 Å². The second-order valence-electron chi connectivity index (χ2n) is 4.04. The van der Waals surface area contributed by atoms with Gasteiger partial charge in [-0.1, -0.05) is 15.9 Å². The van der Waals surface area contributed by atoms with Crippen molar-refractivity contribution < 1.29 is 9.84 Å². The fourth-order valence-electron chi connectivity index (χ4n) is 1.22. The summed E-state index contributed by atoms with van der Waals surface area (Å²) in [6.07, 6.45) is -0.364. The molecule has 0 radical (unpaired) electrons. The van der Waals surface area contributed by atoms with Gasteiger partial charge in [0.25, 0.3) is 0 Å². The van der Waals surface area contributed by atoms with Crippen molar-refractivity contribution in [2.24, 2.45) is 0 Å². The van der Waals surface area contributed by atoms with Gasteiger partial charge in [0.15, 0.2) is 0 Å². The molecular formula is C12H17Br2NO2. The topological polar surface area (TPSA) is 41.5 Å². The number of halogens is 2. The lowest BCUT2D eigenvalue weighted by molar-refractivity contribution is 0.0112. The smallest absolute Gasteiger partial charge is 0.0945 e.